The van der Waals surface area contributed by atoms with Crippen LogP contribution in [-0.4, -0.2) is 41.1 Å². The fourth-order valence-electron chi connectivity index (χ4n) is 7.55. The predicted octanol–water partition coefficient (Wildman–Crippen LogP) is 3.06. The Kier molecular flexibility index (Phi) is 6.27. The van der Waals surface area contributed by atoms with E-state index in [4.69, 9.17) is 15.7 Å². The van der Waals surface area contributed by atoms with Crippen LogP contribution in [0, 0.1) is 34.5 Å². The van der Waals surface area contributed by atoms with Crippen molar-refractivity contribution in [1.82, 2.24) is 10.9 Å². The molecule has 3 N–H and O–H groups in total. The van der Waals surface area contributed by atoms with Gasteiger partial charge in [0, 0.05) is 24.0 Å². The van der Waals surface area contributed by atoms with Crippen LogP contribution < -0.4 is 11.6 Å². The van der Waals surface area contributed by atoms with Gasteiger partial charge in [-0.25, -0.2) is 9.80 Å². The van der Waals surface area contributed by atoms with Crippen molar-refractivity contribution in [1.29, 1.82) is 0 Å². The molecule has 1 aliphatic heterocycles. The minimum Gasteiger partial charge on any atom is -0.458 e. The molecule has 0 aromatic carbocycles. The van der Waals surface area contributed by atoms with Crippen LogP contribution in [0.25, 0.3) is 0 Å². The molecule has 3 aliphatic carbocycles. The van der Waals surface area contributed by atoms with Gasteiger partial charge >= 0.3 is 5.97 Å². The summed E-state index contributed by atoms with van der Waals surface area (Å²) in [5.41, 5.74) is 5.92. The number of carbonyl (C=O) groups is 2. The number of oxime groups is 1. The maximum Gasteiger partial charge on any atom is 0.331 e. The second kappa shape index (κ2) is 8.69. The van der Waals surface area contributed by atoms with Crippen molar-refractivity contribution in [2.75, 3.05) is 13.2 Å². The molecule has 0 spiro atoms. The van der Waals surface area contributed by atoms with Crippen LogP contribution in [0.5, 0.6) is 0 Å². The lowest BCUT2D eigenvalue weighted by atomic mass is 9.46. The number of rotatable bonds is 5. The molecule has 6 atom stereocenters. The van der Waals surface area contributed by atoms with Crippen molar-refractivity contribution in [3.05, 3.63) is 11.6 Å². The Morgan fingerprint density at radius 3 is 2.75 bits per heavy atom. The van der Waals surface area contributed by atoms with Gasteiger partial charge in [-0.2, -0.15) is 0 Å². The minimum atomic E-state index is -0.634. The maximum absolute atomic E-state index is 14.1. The zero-order valence-electron chi connectivity index (χ0n) is 19.3. The Balaban J connectivity index is 1.59. The van der Waals surface area contributed by atoms with Gasteiger partial charge in [-0.1, -0.05) is 31.8 Å². The van der Waals surface area contributed by atoms with Gasteiger partial charge in [-0.3, -0.25) is 4.79 Å². The van der Waals surface area contributed by atoms with Crippen molar-refractivity contribution >= 4 is 17.7 Å². The van der Waals surface area contributed by atoms with Crippen molar-refractivity contribution in [3.8, 4) is 0 Å². The third-order valence-corrected chi connectivity index (χ3v) is 9.38. The van der Waals surface area contributed by atoms with Crippen molar-refractivity contribution in [2.24, 2.45) is 45.4 Å². The summed E-state index contributed by atoms with van der Waals surface area (Å²) in [6.07, 6.45) is 10.8. The smallest absolute Gasteiger partial charge is 0.331 e. The van der Waals surface area contributed by atoms with Gasteiger partial charge in [-0.05, 0) is 79.5 Å². The second-order valence-corrected chi connectivity index (χ2v) is 10.8. The van der Waals surface area contributed by atoms with Gasteiger partial charge in [0.25, 0.3) is 0 Å². The first-order valence-corrected chi connectivity index (χ1v) is 12.1. The molecule has 2 radical (unpaired) electrons. The lowest BCUT2D eigenvalue weighted by molar-refractivity contribution is -0.153. The number of cyclic esters (lactones) is 1. The van der Waals surface area contributed by atoms with E-state index in [0.717, 1.165) is 37.2 Å². The predicted molar refractivity (Wildman–Crippen MR) is 118 cm³/mol. The summed E-state index contributed by atoms with van der Waals surface area (Å²) in [6.45, 7) is 4.71. The van der Waals surface area contributed by atoms with Crippen molar-refractivity contribution in [3.63, 3.8) is 0 Å². The van der Waals surface area contributed by atoms with Crippen molar-refractivity contribution in [2.45, 2.75) is 71.6 Å². The number of carbonyl (C=O) groups excluding carboxylic acids is 2. The quantitative estimate of drug-likeness (QED) is 0.221. The maximum atomic E-state index is 14.1. The van der Waals surface area contributed by atoms with Gasteiger partial charge in [0.2, 0.25) is 5.96 Å². The molecule has 3 saturated carbocycles. The molecular formula is C24H36N4O4. The fourth-order valence-corrected chi connectivity index (χ4v) is 7.55. The molecule has 8 nitrogen and oxygen atoms in total. The number of nitrogens with zero attached hydrogens (tertiary/aromatic N) is 3. The Morgan fingerprint density at radius 2 is 2.06 bits per heavy atom. The van der Waals surface area contributed by atoms with E-state index in [1.54, 1.807) is 0 Å². The van der Waals surface area contributed by atoms with E-state index in [0.29, 0.717) is 23.1 Å². The van der Waals surface area contributed by atoms with E-state index in [9.17, 15) is 15.4 Å². The number of hydrogen-bond donors (Lipinski definition) is 2. The number of nitrogens with two attached hydrogens (primary N) is 1. The number of Topliss-reactive ketones (excluding diaryl/α,β-unsaturated/α-hetero) is 1. The molecule has 0 aromatic heterocycles. The lowest BCUT2D eigenvalue weighted by Crippen LogP contribution is -2.55. The molecule has 0 bridgehead atoms. The van der Waals surface area contributed by atoms with E-state index >= 15 is 0 Å². The molecule has 4 rings (SSSR count). The summed E-state index contributed by atoms with van der Waals surface area (Å²) in [7, 11) is 0. The molecular weight excluding hydrogens is 408 g/mol. The van der Waals surface area contributed by atoms with Crippen LogP contribution in [-0.2, 0) is 14.3 Å². The van der Waals surface area contributed by atoms with Crippen molar-refractivity contribution < 1.29 is 19.5 Å². The van der Waals surface area contributed by atoms with Crippen LogP contribution in [0.4, 0.5) is 0 Å². The zero-order valence-corrected chi connectivity index (χ0v) is 19.3. The normalized spacial score (nSPS) is 38.4. The average molecular weight is 445 g/mol. The van der Waals surface area contributed by atoms with E-state index in [1.165, 1.54) is 31.8 Å². The number of ketones is 1. The third kappa shape index (κ3) is 3.80. The molecule has 32 heavy (non-hydrogen) atoms. The molecule has 176 valence electrons. The van der Waals surface area contributed by atoms with Gasteiger partial charge in [-0.15, -0.1) is 0 Å². The highest BCUT2D eigenvalue weighted by Crippen LogP contribution is 2.61. The Labute approximate surface area is 190 Å². The van der Waals surface area contributed by atoms with Gasteiger partial charge in [0.05, 0.1) is 0 Å². The van der Waals surface area contributed by atoms with Crippen LogP contribution >= 0.6 is 0 Å². The standard InChI is InChI=1S/C24H36N4O4/c1-23-10-4-3-5-16(23)6-7-17-19(23)8-11-24(2,21(17)30)18(15-13-20(29)32-14-15)9-12-28(26)22(25)27-31/h13,16-19,31H,3-12,14H2,1-2H3,(H2,25,27)/t16-,17?,18+,19?,23-,24+/m0/s1. The number of hydrogen-bond acceptors (Lipinski definition) is 5. The SMILES string of the molecule is C[C@]1([C@H](CCN([N])C(N)=NO)C2=CC(=O)OC2)CCC2C(CC[C@@H]3CCCC[C@]23C)C1=O. The first-order chi connectivity index (χ1) is 15.2. The first kappa shape index (κ1) is 23.1. The molecule has 0 aromatic rings. The number of ether oxygens (including phenoxy) is 1. The molecule has 0 amide bonds. The van der Waals surface area contributed by atoms with Crippen LogP contribution in [0.2, 0.25) is 0 Å². The Bertz CT molecular complexity index is 827. The highest BCUT2D eigenvalue weighted by atomic mass is 16.5. The summed E-state index contributed by atoms with van der Waals surface area (Å²) in [6, 6.07) is 0. The molecule has 0 saturated heterocycles. The lowest BCUT2D eigenvalue weighted by Gasteiger charge is -2.58. The summed E-state index contributed by atoms with van der Waals surface area (Å²) in [5.74, 6) is 10.6. The van der Waals surface area contributed by atoms with E-state index in [-0.39, 0.29) is 36.4 Å². The van der Waals surface area contributed by atoms with Gasteiger partial charge in [0.1, 0.15) is 12.4 Å². The van der Waals surface area contributed by atoms with Crippen LogP contribution in [0.3, 0.4) is 0 Å². The molecule has 1 heterocycles. The highest BCUT2D eigenvalue weighted by molar-refractivity contribution is 5.90. The average Bonchev–Trinajstić information content (AvgIpc) is 3.21. The zero-order chi connectivity index (χ0) is 23.1. The van der Waals surface area contributed by atoms with Crippen LogP contribution in [0.15, 0.2) is 16.8 Å². The number of esters is 1. The second-order valence-electron chi connectivity index (χ2n) is 10.8. The largest absolute Gasteiger partial charge is 0.458 e. The molecule has 2 unspecified atom stereocenters. The van der Waals surface area contributed by atoms with Crippen LogP contribution in [0.1, 0.15) is 71.6 Å². The third-order valence-electron chi connectivity index (χ3n) is 9.38. The summed E-state index contributed by atoms with van der Waals surface area (Å²) < 4.78 is 5.18. The number of fused-ring (bicyclic) bond motifs is 3. The van der Waals surface area contributed by atoms with Gasteiger partial charge in [0.15, 0.2) is 0 Å². The van der Waals surface area contributed by atoms with E-state index in [1.807, 2.05) is 6.92 Å². The summed E-state index contributed by atoms with van der Waals surface area (Å²) in [5, 5.41) is 12.3. The Hall–Kier alpha value is -2.09. The minimum absolute atomic E-state index is 0.0588. The molecule has 8 heteroatoms. The first-order valence-electron chi connectivity index (χ1n) is 12.1. The fraction of sp³-hybridized carbons (Fsp3) is 0.792. The van der Waals surface area contributed by atoms with E-state index < -0.39 is 11.4 Å². The summed E-state index contributed by atoms with van der Waals surface area (Å²) >= 11 is 0. The number of guanidine groups is 1. The van der Waals surface area contributed by atoms with E-state index in [2.05, 4.69) is 12.1 Å². The molecule has 4 aliphatic rings. The molecule has 3 fully saturated rings. The Morgan fingerprint density at radius 1 is 1.28 bits per heavy atom. The summed E-state index contributed by atoms with van der Waals surface area (Å²) in [4.78, 5) is 25.9. The highest BCUT2D eigenvalue weighted by Gasteiger charge is 2.58. The van der Waals surface area contributed by atoms with Gasteiger partial charge < -0.3 is 15.7 Å². The topological polar surface area (TPSA) is 128 Å². The monoisotopic (exact) mass is 444 g/mol.